The second kappa shape index (κ2) is 11.9. The number of carbonyl (C=O) groups excluding carboxylic acids is 2. The third-order valence-corrected chi connectivity index (χ3v) is 7.59. The highest BCUT2D eigenvalue weighted by Crippen LogP contribution is 2.42. The number of nitriles is 1. The fraction of sp³-hybridized carbons (Fsp3) is 0.241. The molecule has 0 fully saturated rings. The molecule has 40 heavy (non-hydrogen) atoms. The van der Waals surface area contributed by atoms with Crippen molar-refractivity contribution in [1.82, 2.24) is 4.57 Å². The molecule has 208 valence electrons. The molecule has 0 aliphatic carbocycles. The van der Waals surface area contributed by atoms with Crippen molar-refractivity contribution in [2.24, 2.45) is 5.73 Å². The topological polar surface area (TPSA) is 146 Å². The van der Waals surface area contributed by atoms with Gasteiger partial charge in [-0.25, -0.2) is 4.79 Å². The third-order valence-electron chi connectivity index (χ3n) is 6.48. The van der Waals surface area contributed by atoms with E-state index in [1.165, 1.54) is 21.3 Å². The quantitative estimate of drug-likeness (QED) is 0.436. The summed E-state index contributed by atoms with van der Waals surface area (Å²) in [4.78, 5) is 39.3. The minimum absolute atomic E-state index is 0. The molecule has 0 bridgehead atoms. The van der Waals surface area contributed by atoms with Crippen molar-refractivity contribution in [2.75, 3.05) is 26.6 Å². The number of fused-ring (bicyclic) bond motifs is 1. The van der Waals surface area contributed by atoms with E-state index in [2.05, 4.69) is 16.1 Å². The average molecular weight is 563 g/mol. The minimum atomic E-state index is -0.994. The first kappa shape index (κ1) is 29.7. The third kappa shape index (κ3) is 5.21. The van der Waals surface area contributed by atoms with Crippen LogP contribution in [0.5, 0.6) is 11.5 Å². The Labute approximate surface area is 235 Å². The number of nitrogens with one attached hydrogen (secondary N) is 1. The zero-order valence-electron chi connectivity index (χ0n) is 21.9. The normalized spacial score (nSPS) is 14.6. The van der Waals surface area contributed by atoms with Gasteiger partial charge in [-0.15, -0.1) is 11.3 Å². The van der Waals surface area contributed by atoms with Crippen molar-refractivity contribution < 1.29 is 23.8 Å². The van der Waals surface area contributed by atoms with E-state index >= 15 is 0 Å². The van der Waals surface area contributed by atoms with Gasteiger partial charge in [0.25, 0.3) is 11.5 Å². The Kier molecular flexibility index (Phi) is 8.86. The van der Waals surface area contributed by atoms with Gasteiger partial charge in [-0.2, -0.15) is 5.26 Å². The van der Waals surface area contributed by atoms with Crippen LogP contribution in [0.4, 0.5) is 5.69 Å². The lowest BCUT2D eigenvalue weighted by molar-refractivity contribution is -0.133. The highest BCUT2D eigenvalue weighted by molar-refractivity contribution is 7.07. The van der Waals surface area contributed by atoms with Crippen LogP contribution in [0, 0.1) is 25.2 Å². The molecule has 3 N–H and O–H groups in total. The molecular weight excluding hydrogens is 532 g/mol. The number of methoxy groups -OCH3 is 3. The summed E-state index contributed by atoms with van der Waals surface area (Å²) in [7, 11) is 4.15. The monoisotopic (exact) mass is 562 g/mol. The van der Waals surface area contributed by atoms with Crippen molar-refractivity contribution in [3.63, 3.8) is 0 Å². The van der Waals surface area contributed by atoms with Gasteiger partial charge in [0.15, 0.2) is 0 Å². The average Bonchev–Trinajstić information content (AvgIpc) is 3.25. The Hall–Kier alpha value is -4.82. The predicted octanol–water partition coefficient (Wildman–Crippen LogP) is 2.37. The summed E-state index contributed by atoms with van der Waals surface area (Å²) in [5.74, 6) is -1.59. The maximum atomic E-state index is 14.0. The summed E-state index contributed by atoms with van der Waals surface area (Å²) in [6, 6.07) is 12.5. The summed E-state index contributed by atoms with van der Waals surface area (Å²) < 4.78 is 16.8. The molecule has 3 aromatic rings. The molecule has 1 amide bonds. The van der Waals surface area contributed by atoms with Crippen LogP contribution in [-0.2, 0) is 14.3 Å². The van der Waals surface area contributed by atoms with E-state index in [1.54, 1.807) is 24.3 Å². The van der Waals surface area contributed by atoms with Gasteiger partial charge < -0.3 is 25.3 Å². The second-order valence-corrected chi connectivity index (χ2v) is 9.73. The molecule has 11 heteroatoms. The van der Waals surface area contributed by atoms with Gasteiger partial charge in [0.05, 0.1) is 44.5 Å². The van der Waals surface area contributed by atoms with E-state index in [9.17, 15) is 19.6 Å². The number of aryl methyl sites for hydroxylation is 2. The molecule has 1 aliphatic rings. The number of nitrogens with zero attached hydrogens (tertiary/aromatic N) is 2. The largest absolute Gasteiger partial charge is 0.497 e. The number of hydrogen-bond donors (Lipinski definition) is 2. The van der Waals surface area contributed by atoms with Gasteiger partial charge in [-0.3, -0.25) is 14.2 Å². The number of benzene rings is 2. The molecule has 1 aliphatic heterocycles. The smallest absolute Gasteiger partial charge is 0.332 e. The summed E-state index contributed by atoms with van der Waals surface area (Å²) in [6.07, 6.45) is 1.03. The summed E-state index contributed by atoms with van der Waals surface area (Å²) >= 11 is 0.901. The van der Waals surface area contributed by atoms with Crippen molar-refractivity contribution in [3.8, 4) is 17.6 Å². The first-order valence-electron chi connectivity index (χ1n) is 11.7. The van der Waals surface area contributed by atoms with Crippen LogP contribution in [0.25, 0.3) is 17.5 Å². The van der Waals surface area contributed by atoms with E-state index in [4.69, 9.17) is 15.2 Å². The number of ether oxygens (including phenoxy) is 3. The fourth-order valence-electron chi connectivity index (χ4n) is 4.32. The van der Waals surface area contributed by atoms with Crippen LogP contribution in [-0.4, -0.2) is 37.8 Å². The number of allylic oxidation sites excluding steroid dienone is 1. The summed E-state index contributed by atoms with van der Waals surface area (Å²) in [5, 5.41) is 13.1. The molecule has 1 unspecified atom stereocenters. The Morgan fingerprint density at radius 1 is 1.10 bits per heavy atom. The van der Waals surface area contributed by atoms with Crippen LogP contribution in [0.1, 0.15) is 30.0 Å². The molecule has 0 spiro atoms. The number of hydrogen-bond acceptors (Lipinski definition) is 9. The molecular formula is C29H30N4O6S. The molecule has 2 heterocycles. The number of nitrogens with two attached hydrogens (primary N) is 1. The molecule has 10 nitrogen and oxygen atoms in total. The minimum Gasteiger partial charge on any atom is -0.497 e. The van der Waals surface area contributed by atoms with Gasteiger partial charge in [-0.05, 0) is 43.2 Å². The molecule has 2 aromatic carbocycles. The standard InChI is InChI=1S/C28H26N4O6S.CH4/c1-14-6-7-16(10-15(14)2)31-26(34)24-23(18-9-8-17(36-3)11-20(18)37-4)19(13-29)25(30)32-27(35)21(39-28(24)32)12-22(33)38-5;/h6-12,23H,30H2,1-5H3,(H,31,34);1H4/b21-12-;. The number of esters is 1. The highest BCUT2D eigenvalue weighted by Gasteiger charge is 2.37. The Balaban J connectivity index is 0.00000441. The number of anilines is 1. The lowest BCUT2D eigenvalue weighted by Gasteiger charge is -2.26. The predicted molar refractivity (Wildman–Crippen MR) is 154 cm³/mol. The maximum Gasteiger partial charge on any atom is 0.332 e. The highest BCUT2D eigenvalue weighted by atomic mass is 32.1. The maximum absolute atomic E-state index is 14.0. The number of amides is 1. The van der Waals surface area contributed by atoms with Crippen LogP contribution < -0.4 is 35.3 Å². The number of thiazole rings is 1. The van der Waals surface area contributed by atoms with Gasteiger partial charge in [0.2, 0.25) is 0 Å². The summed E-state index contributed by atoms with van der Waals surface area (Å²) in [5.41, 5.74) is 8.83. The van der Waals surface area contributed by atoms with Gasteiger partial charge in [0, 0.05) is 23.4 Å². The second-order valence-electron chi connectivity index (χ2n) is 8.70. The lowest BCUT2D eigenvalue weighted by Crippen LogP contribution is -2.41. The van der Waals surface area contributed by atoms with Crippen molar-refractivity contribution in [1.29, 1.82) is 5.26 Å². The van der Waals surface area contributed by atoms with Gasteiger partial charge in [-0.1, -0.05) is 19.6 Å². The first-order chi connectivity index (χ1) is 18.6. The lowest BCUT2D eigenvalue weighted by atomic mass is 9.82. The van der Waals surface area contributed by atoms with Crippen LogP contribution in [0.3, 0.4) is 0 Å². The van der Waals surface area contributed by atoms with E-state index < -0.39 is 23.4 Å². The molecule has 0 saturated carbocycles. The zero-order valence-corrected chi connectivity index (χ0v) is 22.8. The van der Waals surface area contributed by atoms with Crippen LogP contribution >= 0.6 is 11.3 Å². The fourth-order valence-corrected chi connectivity index (χ4v) is 5.45. The summed E-state index contributed by atoms with van der Waals surface area (Å²) in [6.45, 7) is 3.88. The molecule has 1 aromatic heterocycles. The van der Waals surface area contributed by atoms with E-state index in [0.717, 1.165) is 33.1 Å². The van der Waals surface area contributed by atoms with Crippen molar-refractivity contribution in [3.05, 3.63) is 78.2 Å². The number of carbonyl (C=O) groups is 2. The SMILES string of the molecule is C.COC(=O)/C=c1\sc2n(c1=O)C(N)=C(C#N)C(c1ccc(OC)cc1OC)C=2C(=O)Nc1ccc(C)c(C)c1. The van der Waals surface area contributed by atoms with E-state index in [-0.39, 0.29) is 33.6 Å². The molecule has 0 saturated heterocycles. The molecule has 4 rings (SSSR count). The first-order valence-corrected chi connectivity index (χ1v) is 12.5. The van der Waals surface area contributed by atoms with Gasteiger partial charge >= 0.3 is 5.97 Å². The zero-order chi connectivity index (χ0) is 28.4. The Morgan fingerprint density at radius 3 is 2.42 bits per heavy atom. The Morgan fingerprint density at radius 2 is 1.82 bits per heavy atom. The Bertz CT molecular complexity index is 1760. The van der Waals surface area contributed by atoms with E-state index in [0.29, 0.717) is 22.7 Å². The molecule has 0 radical (unpaired) electrons. The van der Waals surface area contributed by atoms with Crippen LogP contribution in [0.2, 0.25) is 0 Å². The van der Waals surface area contributed by atoms with Crippen LogP contribution in [0.15, 0.2) is 46.8 Å². The number of aromatic nitrogens is 1. The molecule has 1 atom stereocenters. The van der Waals surface area contributed by atoms with Crippen molar-refractivity contribution in [2.45, 2.75) is 27.2 Å². The van der Waals surface area contributed by atoms with E-state index in [1.807, 2.05) is 26.0 Å². The van der Waals surface area contributed by atoms with Crippen molar-refractivity contribution >= 4 is 46.4 Å². The van der Waals surface area contributed by atoms with Gasteiger partial charge in [0.1, 0.15) is 26.5 Å². The number of rotatable bonds is 6.